The summed E-state index contributed by atoms with van der Waals surface area (Å²) in [4.78, 5) is 23.0. The summed E-state index contributed by atoms with van der Waals surface area (Å²) < 4.78 is 5.59. The molecule has 1 amide bonds. The quantitative estimate of drug-likeness (QED) is 0.564. The van der Waals surface area contributed by atoms with Gasteiger partial charge in [-0.2, -0.15) is 4.98 Å². The fraction of sp³-hybridized carbons (Fsp3) is 0.261. The van der Waals surface area contributed by atoms with Gasteiger partial charge in [0.25, 0.3) is 5.91 Å². The third kappa shape index (κ3) is 4.44. The third-order valence-corrected chi connectivity index (χ3v) is 5.42. The van der Waals surface area contributed by atoms with Crippen LogP contribution in [0.15, 0.2) is 42.6 Å². The summed E-state index contributed by atoms with van der Waals surface area (Å²) >= 11 is 0. The Morgan fingerprint density at radius 1 is 1.16 bits per heavy atom. The van der Waals surface area contributed by atoms with Crippen molar-refractivity contribution in [2.75, 3.05) is 31.3 Å². The molecule has 0 radical (unpaired) electrons. The van der Waals surface area contributed by atoms with Crippen molar-refractivity contribution in [2.24, 2.45) is 5.73 Å². The number of anilines is 4. The molecule has 4 rings (SSSR count). The van der Waals surface area contributed by atoms with Gasteiger partial charge in [-0.1, -0.05) is 18.2 Å². The van der Waals surface area contributed by atoms with Crippen molar-refractivity contribution in [1.29, 1.82) is 0 Å². The Morgan fingerprint density at radius 3 is 2.71 bits per heavy atom. The highest BCUT2D eigenvalue weighted by atomic mass is 16.5. The van der Waals surface area contributed by atoms with E-state index in [1.54, 1.807) is 7.11 Å². The van der Waals surface area contributed by atoms with E-state index in [0.717, 1.165) is 42.2 Å². The lowest BCUT2D eigenvalue weighted by molar-refractivity contribution is 0.100. The highest BCUT2D eigenvalue weighted by molar-refractivity contribution is 5.98. The van der Waals surface area contributed by atoms with Gasteiger partial charge >= 0.3 is 0 Å². The Hall–Kier alpha value is -3.65. The molecule has 4 N–H and O–H groups in total. The number of aryl methyl sites for hydroxylation is 1. The second-order valence-corrected chi connectivity index (χ2v) is 7.69. The maximum atomic E-state index is 11.9. The lowest BCUT2D eigenvalue weighted by Crippen LogP contribution is -2.26. The van der Waals surface area contributed by atoms with Gasteiger partial charge in [0.1, 0.15) is 17.1 Å². The molecule has 1 aromatic heterocycles. The second kappa shape index (κ2) is 8.61. The number of para-hydroxylation sites is 1. The summed E-state index contributed by atoms with van der Waals surface area (Å²) in [5.41, 5.74) is 10.9. The minimum absolute atomic E-state index is 0.216. The van der Waals surface area contributed by atoms with Crippen molar-refractivity contribution >= 4 is 29.0 Å². The monoisotopic (exact) mass is 418 g/mol. The number of hydrogen-bond acceptors (Lipinski definition) is 7. The number of carbonyl (C=O) groups is 1. The van der Waals surface area contributed by atoms with Crippen LogP contribution in [0.1, 0.15) is 27.0 Å². The van der Waals surface area contributed by atoms with Crippen LogP contribution in [-0.4, -0.2) is 41.5 Å². The molecule has 2 heterocycles. The summed E-state index contributed by atoms with van der Waals surface area (Å²) in [5.74, 6) is 0.802. The molecule has 0 fully saturated rings. The van der Waals surface area contributed by atoms with Crippen molar-refractivity contribution in [3.05, 3.63) is 64.8 Å². The van der Waals surface area contributed by atoms with Gasteiger partial charge in [0, 0.05) is 25.0 Å². The average molecular weight is 419 g/mol. The fourth-order valence-electron chi connectivity index (χ4n) is 3.67. The number of likely N-dealkylation sites (N-methyl/N-ethyl adjacent to an activating group) is 1. The van der Waals surface area contributed by atoms with Crippen LogP contribution in [0.5, 0.6) is 5.75 Å². The Bertz CT molecular complexity index is 1130. The molecule has 0 spiro atoms. The van der Waals surface area contributed by atoms with E-state index in [0.29, 0.717) is 11.8 Å². The number of methoxy groups -OCH3 is 1. The van der Waals surface area contributed by atoms with E-state index in [1.807, 2.05) is 31.2 Å². The molecule has 2 aromatic carbocycles. The molecular formula is C23H26N6O2. The molecule has 31 heavy (non-hydrogen) atoms. The Balaban J connectivity index is 1.68. The molecule has 1 aliphatic rings. The molecule has 0 unspecified atom stereocenters. The van der Waals surface area contributed by atoms with Crippen LogP contribution in [0, 0.1) is 6.92 Å². The summed E-state index contributed by atoms with van der Waals surface area (Å²) in [6.07, 6.45) is 2.41. The van der Waals surface area contributed by atoms with Gasteiger partial charge in [-0.25, -0.2) is 4.98 Å². The number of benzene rings is 2. The van der Waals surface area contributed by atoms with E-state index in [-0.39, 0.29) is 5.56 Å². The molecule has 0 saturated carbocycles. The normalized spacial score (nSPS) is 13.4. The molecule has 8 nitrogen and oxygen atoms in total. The first kappa shape index (κ1) is 20.6. The highest BCUT2D eigenvalue weighted by Gasteiger charge is 2.18. The first-order valence-corrected chi connectivity index (χ1v) is 10.1. The lowest BCUT2D eigenvalue weighted by atomic mass is 9.99. The largest absolute Gasteiger partial charge is 0.495 e. The molecule has 0 saturated heterocycles. The van der Waals surface area contributed by atoms with Crippen molar-refractivity contribution in [3.8, 4) is 5.75 Å². The highest BCUT2D eigenvalue weighted by Crippen LogP contribution is 2.33. The number of hydrogen-bond donors (Lipinski definition) is 3. The zero-order valence-electron chi connectivity index (χ0n) is 17.9. The van der Waals surface area contributed by atoms with Gasteiger partial charge in [-0.05, 0) is 55.3 Å². The maximum Gasteiger partial charge on any atom is 0.254 e. The van der Waals surface area contributed by atoms with Crippen molar-refractivity contribution < 1.29 is 9.53 Å². The van der Waals surface area contributed by atoms with Crippen LogP contribution in [0.3, 0.4) is 0 Å². The third-order valence-electron chi connectivity index (χ3n) is 5.42. The zero-order chi connectivity index (χ0) is 22.0. The van der Waals surface area contributed by atoms with Gasteiger partial charge < -0.3 is 26.0 Å². The fourth-order valence-corrected chi connectivity index (χ4v) is 3.67. The van der Waals surface area contributed by atoms with Crippen LogP contribution in [0.25, 0.3) is 0 Å². The van der Waals surface area contributed by atoms with Gasteiger partial charge in [-0.3, -0.25) is 4.79 Å². The molecule has 0 bridgehead atoms. The minimum Gasteiger partial charge on any atom is -0.495 e. The minimum atomic E-state index is -0.600. The number of primary amides is 1. The van der Waals surface area contributed by atoms with Crippen LogP contribution in [0.4, 0.5) is 23.1 Å². The zero-order valence-corrected chi connectivity index (χ0v) is 17.9. The number of nitrogens with zero attached hydrogens (tertiary/aromatic N) is 3. The Kier molecular flexibility index (Phi) is 5.73. The van der Waals surface area contributed by atoms with Crippen LogP contribution < -0.4 is 21.1 Å². The van der Waals surface area contributed by atoms with E-state index < -0.39 is 5.91 Å². The molecule has 0 aliphatic carbocycles. The lowest BCUT2D eigenvalue weighted by Gasteiger charge is -2.26. The SMILES string of the molecule is COc1cc2c(cc1Nc1ncc(C(N)=O)c(Nc3ccccc3C)n1)CN(C)CC2. The molecule has 8 heteroatoms. The Morgan fingerprint density at radius 2 is 1.97 bits per heavy atom. The second-order valence-electron chi connectivity index (χ2n) is 7.69. The van der Waals surface area contributed by atoms with E-state index in [9.17, 15) is 4.79 Å². The Labute approximate surface area is 181 Å². The van der Waals surface area contributed by atoms with E-state index >= 15 is 0 Å². The van der Waals surface area contributed by atoms with Crippen LogP contribution in [0.2, 0.25) is 0 Å². The number of aromatic nitrogens is 2. The smallest absolute Gasteiger partial charge is 0.254 e. The van der Waals surface area contributed by atoms with E-state index in [4.69, 9.17) is 10.5 Å². The molecule has 1 aliphatic heterocycles. The summed E-state index contributed by atoms with van der Waals surface area (Å²) in [7, 11) is 3.75. The summed E-state index contributed by atoms with van der Waals surface area (Å²) in [5, 5.41) is 6.44. The number of amides is 1. The summed E-state index contributed by atoms with van der Waals surface area (Å²) in [6, 6.07) is 11.9. The molecular weight excluding hydrogens is 392 g/mol. The molecule has 160 valence electrons. The topological polar surface area (TPSA) is 105 Å². The number of fused-ring (bicyclic) bond motifs is 1. The number of carbonyl (C=O) groups excluding carboxylic acids is 1. The number of ether oxygens (including phenoxy) is 1. The van der Waals surface area contributed by atoms with E-state index in [1.165, 1.54) is 17.3 Å². The number of rotatable bonds is 6. The van der Waals surface area contributed by atoms with E-state index in [2.05, 4.69) is 44.7 Å². The van der Waals surface area contributed by atoms with Crippen LogP contribution in [-0.2, 0) is 13.0 Å². The predicted octanol–water partition coefficient (Wildman–Crippen LogP) is 3.37. The average Bonchev–Trinajstić information content (AvgIpc) is 2.75. The van der Waals surface area contributed by atoms with Crippen molar-refractivity contribution in [2.45, 2.75) is 19.9 Å². The first-order valence-electron chi connectivity index (χ1n) is 10.1. The van der Waals surface area contributed by atoms with Crippen molar-refractivity contribution in [3.63, 3.8) is 0 Å². The predicted molar refractivity (Wildman–Crippen MR) is 121 cm³/mol. The molecule has 0 atom stereocenters. The van der Waals surface area contributed by atoms with Gasteiger partial charge in [0.15, 0.2) is 0 Å². The maximum absolute atomic E-state index is 11.9. The van der Waals surface area contributed by atoms with Crippen LogP contribution >= 0.6 is 0 Å². The summed E-state index contributed by atoms with van der Waals surface area (Å²) in [6.45, 7) is 3.87. The number of nitrogens with one attached hydrogen (secondary N) is 2. The molecule has 3 aromatic rings. The van der Waals surface area contributed by atoms with Gasteiger partial charge in [-0.15, -0.1) is 0 Å². The van der Waals surface area contributed by atoms with Crippen molar-refractivity contribution in [1.82, 2.24) is 14.9 Å². The number of nitrogens with two attached hydrogens (primary N) is 1. The van der Waals surface area contributed by atoms with Gasteiger partial charge in [0.2, 0.25) is 5.95 Å². The first-order chi connectivity index (χ1) is 14.9. The van der Waals surface area contributed by atoms with Gasteiger partial charge in [0.05, 0.1) is 12.8 Å². The standard InChI is InChI=1S/C23H26N6O2/c1-14-6-4-5-7-18(14)26-22-17(21(24)30)12-25-23(28-22)27-19-10-16-13-29(2)9-8-15(16)11-20(19)31-3/h4-7,10-12H,8-9,13H2,1-3H3,(H2,24,30)(H2,25,26,27,28).